The average molecular weight is 175 g/mol. The summed E-state index contributed by atoms with van der Waals surface area (Å²) in [5.74, 6) is 0. The highest BCUT2D eigenvalue weighted by Crippen LogP contribution is 2.09. The van der Waals surface area contributed by atoms with Gasteiger partial charge in [-0.2, -0.15) is 0 Å². The van der Waals surface area contributed by atoms with Crippen molar-refractivity contribution in [3.63, 3.8) is 0 Å². The Morgan fingerprint density at radius 2 is 1.77 bits per heavy atom. The first-order valence-corrected chi connectivity index (χ1v) is 5.25. The minimum Gasteiger partial charge on any atom is -0.0654 e. The van der Waals surface area contributed by atoms with Crippen molar-refractivity contribution >= 4 is 0 Å². The lowest BCUT2D eigenvalue weighted by molar-refractivity contribution is 0.717. The van der Waals surface area contributed by atoms with Gasteiger partial charge in [0.1, 0.15) is 0 Å². The van der Waals surface area contributed by atoms with Gasteiger partial charge in [-0.1, -0.05) is 51.0 Å². The molecule has 0 saturated heterocycles. The Morgan fingerprint density at radius 1 is 1.08 bits per heavy atom. The highest BCUT2D eigenvalue weighted by molar-refractivity contribution is 5.26. The Morgan fingerprint density at radius 3 is 2.31 bits per heavy atom. The molecular formula is C13H19. The second-order valence-corrected chi connectivity index (χ2v) is 3.49. The second kappa shape index (κ2) is 5.80. The Bertz CT molecular complexity index is 220. The van der Waals surface area contributed by atoms with Crippen LogP contribution < -0.4 is 0 Å². The predicted molar refractivity (Wildman–Crippen MR) is 58.7 cm³/mol. The first kappa shape index (κ1) is 10.3. The Hall–Kier alpha value is -0.780. The van der Waals surface area contributed by atoms with Crippen LogP contribution in [0.4, 0.5) is 0 Å². The molecule has 0 aliphatic carbocycles. The normalized spacial score (nSPS) is 10.3. The van der Waals surface area contributed by atoms with Crippen LogP contribution in [0.5, 0.6) is 0 Å². The molecular weight excluding hydrogens is 156 g/mol. The highest BCUT2D eigenvalue weighted by atomic mass is 14.0. The van der Waals surface area contributed by atoms with E-state index in [0.29, 0.717) is 0 Å². The van der Waals surface area contributed by atoms with E-state index in [1.807, 2.05) is 0 Å². The monoisotopic (exact) mass is 175 g/mol. The van der Waals surface area contributed by atoms with Crippen LogP contribution >= 0.6 is 0 Å². The molecule has 0 N–H and O–H groups in total. The third-order valence-corrected chi connectivity index (χ3v) is 2.38. The first-order chi connectivity index (χ1) is 6.36. The minimum absolute atomic E-state index is 1.23. The molecule has 0 unspecified atom stereocenters. The van der Waals surface area contributed by atoms with Crippen LogP contribution in [0.3, 0.4) is 0 Å². The van der Waals surface area contributed by atoms with Crippen LogP contribution in [-0.4, -0.2) is 0 Å². The molecule has 0 aliphatic rings. The van der Waals surface area contributed by atoms with Gasteiger partial charge in [-0.15, -0.1) is 0 Å². The number of hydrogen-bond acceptors (Lipinski definition) is 0. The van der Waals surface area contributed by atoms with Gasteiger partial charge in [0.25, 0.3) is 0 Å². The molecule has 71 valence electrons. The van der Waals surface area contributed by atoms with Crippen LogP contribution in [0.25, 0.3) is 0 Å². The van der Waals surface area contributed by atoms with Crippen LogP contribution in [0.15, 0.2) is 24.3 Å². The van der Waals surface area contributed by atoms with Gasteiger partial charge in [0.15, 0.2) is 0 Å². The number of aryl methyl sites for hydroxylation is 1. The Kier molecular flexibility index (Phi) is 4.59. The molecule has 0 atom stereocenters. The van der Waals surface area contributed by atoms with E-state index in [0.717, 1.165) is 0 Å². The van der Waals surface area contributed by atoms with Crippen molar-refractivity contribution in [1.29, 1.82) is 0 Å². The fraction of sp³-hybridized carbons (Fsp3) is 0.462. The molecule has 0 saturated carbocycles. The predicted octanol–water partition coefficient (Wildman–Crippen LogP) is 3.99. The summed E-state index contributed by atoms with van der Waals surface area (Å²) in [6.45, 7) is 4.32. The number of benzene rings is 1. The highest BCUT2D eigenvalue weighted by Gasteiger charge is 1.93. The molecule has 1 radical (unpaired) electrons. The summed E-state index contributed by atoms with van der Waals surface area (Å²) < 4.78 is 0. The van der Waals surface area contributed by atoms with Crippen molar-refractivity contribution < 1.29 is 0 Å². The van der Waals surface area contributed by atoms with Crippen LogP contribution in [-0.2, 0) is 6.42 Å². The molecule has 0 fully saturated rings. The lowest BCUT2D eigenvalue weighted by atomic mass is 10.0. The summed E-state index contributed by atoms with van der Waals surface area (Å²) in [4.78, 5) is 0. The summed E-state index contributed by atoms with van der Waals surface area (Å²) in [6.07, 6.45) is 7.35. The van der Waals surface area contributed by atoms with Gasteiger partial charge >= 0.3 is 0 Å². The molecule has 13 heavy (non-hydrogen) atoms. The summed E-state index contributed by atoms with van der Waals surface area (Å²) in [6, 6.07) is 8.87. The Balaban J connectivity index is 2.40. The van der Waals surface area contributed by atoms with E-state index in [1.165, 1.54) is 36.8 Å². The van der Waals surface area contributed by atoms with Crippen molar-refractivity contribution in [1.82, 2.24) is 0 Å². The van der Waals surface area contributed by atoms with Crippen molar-refractivity contribution in [2.45, 2.75) is 39.5 Å². The van der Waals surface area contributed by atoms with Gasteiger partial charge in [0, 0.05) is 0 Å². The van der Waals surface area contributed by atoms with E-state index in [4.69, 9.17) is 0 Å². The molecule has 0 nitrogen and oxygen atoms in total. The van der Waals surface area contributed by atoms with Crippen LogP contribution in [0, 0.1) is 6.42 Å². The maximum absolute atomic E-state index is 2.25. The van der Waals surface area contributed by atoms with E-state index in [-0.39, 0.29) is 0 Å². The molecule has 0 aliphatic heterocycles. The molecule has 1 aromatic rings. The van der Waals surface area contributed by atoms with Gasteiger partial charge in [-0.05, 0) is 30.4 Å². The lowest BCUT2D eigenvalue weighted by Gasteiger charge is -2.01. The Labute approximate surface area is 82.0 Å². The van der Waals surface area contributed by atoms with E-state index in [1.54, 1.807) is 0 Å². The van der Waals surface area contributed by atoms with E-state index >= 15 is 0 Å². The third-order valence-electron chi connectivity index (χ3n) is 2.38. The van der Waals surface area contributed by atoms with Crippen molar-refractivity contribution in [2.75, 3.05) is 0 Å². The number of unbranched alkanes of at least 4 members (excludes halogenated alkanes) is 2. The van der Waals surface area contributed by atoms with Gasteiger partial charge in [-0.3, -0.25) is 0 Å². The topological polar surface area (TPSA) is 0 Å². The SMILES string of the molecule is C[CH]c1ccc(CCCCC)cc1. The molecule has 1 aromatic carbocycles. The van der Waals surface area contributed by atoms with Crippen molar-refractivity contribution in [3.8, 4) is 0 Å². The molecule has 0 heterocycles. The number of rotatable bonds is 5. The van der Waals surface area contributed by atoms with Gasteiger partial charge in [0.05, 0.1) is 0 Å². The zero-order valence-corrected chi connectivity index (χ0v) is 8.72. The summed E-state index contributed by atoms with van der Waals surface area (Å²) in [5.41, 5.74) is 2.79. The summed E-state index contributed by atoms with van der Waals surface area (Å²) >= 11 is 0. The van der Waals surface area contributed by atoms with Crippen molar-refractivity contribution in [3.05, 3.63) is 41.8 Å². The molecule has 1 rings (SSSR count). The first-order valence-electron chi connectivity index (χ1n) is 5.25. The van der Waals surface area contributed by atoms with Crippen molar-refractivity contribution in [2.24, 2.45) is 0 Å². The summed E-state index contributed by atoms with van der Waals surface area (Å²) in [5, 5.41) is 0. The minimum atomic E-state index is 1.23. The number of hydrogen-bond donors (Lipinski definition) is 0. The second-order valence-electron chi connectivity index (χ2n) is 3.49. The molecule has 0 amide bonds. The fourth-order valence-electron chi connectivity index (χ4n) is 1.46. The quantitative estimate of drug-likeness (QED) is 0.593. The van der Waals surface area contributed by atoms with Crippen LogP contribution in [0.2, 0.25) is 0 Å². The zero-order valence-electron chi connectivity index (χ0n) is 8.72. The smallest absolute Gasteiger partial charge is 0.0124 e. The largest absolute Gasteiger partial charge is 0.0654 e. The van der Waals surface area contributed by atoms with Gasteiger partial charge in [0.2, 0.25) is 0 Å². The molecule has 0 aromatic heterocycles. The molecule has 0 bridgehead atoms. The van der Waals surface area contributed by atoms with Gasteiger partial charge < -0.3 is 0 Å². The van der Waals surface area contributed by atoms with Gasteiger partial charge in [-0.25, -0.2) is 0 Å². The average Bonchev–Trinajstić information content (AvgIpc) is 2.19. The molecule has 0 spiro atoms. The standard InChI is InChI=1S/C13H19/c1-3-5-6-7-13-10-8-12(4-2)9-11-13/h4,8-11H,3,5-7H2,1-2H3. The van der Waals surface area contributed by atoms with Crippen LogP contribution in [0.1, 0.15) is 44.2 Å². The lowest BCUT2D eigenvalue weighted by Crippen LogP contribution is -1.85. The van der Waals surface area contributed by atoms with E-state index < -0.39 is 0 Å². The third kappa shape index (κ3) is 3.63. The zero-order chi connectivity index (χ0) is 9.52. The molecule has 0 heteroatoms. The summed E-state index contributed by atoms with van der Waals surface area (Å²) in [7, 11) is 0. The maximum Gasteiger partial charge on any atom is -0.0124 e. The maximum atomic E-state index is 2.25. The fourth-order valence-corrected chi connectivity index (χ4v) is 1.46. The van der Waals surface area contributed by atoms with E-state index in [2.05, 4.69) is 44.5 Å². The van der Waals surface area contributed by atoms with E-state index in [9.17, 15) is 0 Å².